The number of nitro groups is 1. The number of aromatic nitrogens is 1. The van der Waals surface area contributed by atoms with Crippen LogP contribution >= 0.6 is 23.5 Å². The Bertz CT molecular complexity index is 1750. The number of imide groups is 1. The summed E-state index contributed by atoms with van der Waals surface area (Å²) in [6, 6.07) is 21.5. The summed E-state index contributed by atoms with van der Waals surface area (Å²) in [7, 11) is 0. The summed E-state index contributed by atoms with van der Waals surface area (Å²) in [6.07, 6.45) is 1.65. The van der Waals surface area contributed by atoms with Crippen LogP contribution in [0.1, 0.15) is 17.0 Å². The van der Waals surface area contributed by atoms with Crippen molar-refractivity contribution in [2.45, 2.75) is 23.6 Å². The molecule has 4 aromatic rings. The van der Waals surface area contributed by atoms with Gasteiger partial charge >= 0.3 is 0 Å². The topological polar surface area (TPSA) is 115 Å². The summed E-state index contributed by atoms with van der Waals surface area (Å²) in [5.41, 5.74) is 3.71. The van der Waals surface area contributed by atoms with Crippen LogP contribution in [-0.2, 0) is 9.59 Å². The van der Waals surface area contributed by atoms with Crippen LogP contribution < -0.4 is 5.32 Å². The first-order valence-electron chi connectivity index (χ1n) is 12.6. The van der Waals surface area contributed by atoms with Gasteiger partial charge in [0.1, 0.15) is 12.4 Å². The third kappa shape index (κ3) is 6.29. The van der Waals surface area contributed by atoms with Crippen LogP contribution in [0, 0.1) is 29.8 Å². The fourth-order valence-electron chi connectivity index (χ4n) is 4.45. The van der Waals surface area contributed by atoms with Gasteiger partial charge in [0.05, 0.1) is 9.83 Å². The zero-order chi connectivity index (χ0) is 30.0. The molecule has 0 bridgehead atoms. The standard InChI is InChI=1S/C30H23FN4O5S2/c1-18-14-20(15-27-29(37)33(30(38)42-27)17-28(36)32-22-5-3-4-21(31)16-22)19(2)34(18)23-6-10-25(11-7-23)41-26-12-8-24(9-13-26)35(39)40/h3-16H,17H2,1-2H3,(H,32,36)/b27-15+. The SMILES string of the molecule is Cc1cc(/C=C2/SC(=O)N(CC(=O)Nc3cccc(F)c3)C2=O)c(C)n1-c1ccc(Sc2ccc([N+](=O)[O-])cc2)cc1. The van der Waals surface area contributed by atoms with Crippen LogP contribution in [0.4, 0.5) is 20.6 Å². The Labute approximate surface area is 248 Å². The zero-order valence-electron chi connectivity index (χ0n) is 22.4. The molecule has 0 unspecified atom stereocenters. The summed E-state index contributed by atoms with van der Waals surface area (Å²) in [5, 5.41) is 12.8. The van der Waals surface area contributed by atoms with Crippen LogP contribution in [0.15, 0.2) is 93.6 Å². The number of nitro benzene ring substituents is 1. The van der Waals surface area contributed by atoms with Crippen molar-refractivity contribution < 1.29 is 23.7 Å². The number of anilines is 1. The van der Waals surface area contributed by atoms with Crippen molar-refractivity contribution in [3.05, 3.63) is 117 Å². The average molecular weight is 603 g/mol. The highest BCUT2D eigenvalue weighted by Gasteiger charge is 2.36. The Hall–Kier alpha value is -4.68. The second-order valence-corrected chi connectivity index (χ2v) is 11.5. The maximum Gasteiger partial charge on any atom is 0.294 e. The van der Waals surface area contributed by atoms with Crippen molar-refractivity contribution in [2.75, 3.05) is 11.9 Å². The molecule has 0 spiro atoms. The van der Waals surface area contributed by atoms with E-state index in [1.807, 2.05) is 48.7 Å². The van der Waals surface area contributed by atoms with Gasteiger partial charge in [0.15, 0.2) is 0 Å². The molecule has 1 saturated heterocycles. The van der Waals surface area contributed by atoms with Crippen molar-refractivity contribution in [1.82, 2.24) is 9.47 Å². The van der Waals surface area contributed by atoms with Crippen molar-refractivity contribution in [1.29, 1.82) is 0 Å². The number of thioether (sulfide) groups is 1. The molecule has 12 heteroatoms. The number of halogens is 1. The van der Waals surface area contributed by atoms with Crippen molar-refractivity contribution in [3.8, 4) is 5.69 Å². The number of nitrogens with one attached hydrogen (secondary N) is 1. The molecule has 0 saturated carbocycles. The highest BCUT2D eigenvalue weighted by Crippen LogP contribution is 2.34. The third-order valence-corrected chi connectivity index (χ3v) is 8.34. The molecule has 212 valence electrons. The summed E-state index contributed by atoms with van der Waals surface area (Å²) in [6.45, 7) is 3.36. The van der Waals surface area contributed by atoms with Crippen molar-refractivity contribution in [3.63, 3.8) is 0 Å². The molecule has 1 N–H and O–H groups in total. The number of carbonyl (C=O) groups is 3. The molecule has 2 heterocycles. The van der Waals surface area contributed by atoms with E-state index < -0.39 is 34.3 Å². The molecule has 1 aliphatic heterocycles. The molecule has 5 rings (SSSR count). The molecule has 0 aliphatic carbocycles. The van der Waals surface area contributed by atoms with E-state index in [0.717, 1.165) is 55.2 Å². The number of hydrogen-bond acceptors (Lipinski definition) is 7. The number of rotatable bonds is 8. The second kappa shape index (κ2) is 12.0. The number of nitrogens with zero attached hydrogens (tertiary/aromatic N) is 3. The Kier molecular flexibility index (Phi) is 8.27. The van der Waals surface area contributed by atoms with Crippen LogP contribution in [-0.4, -0.2) is 38.0 Å². The quantitative estimate of drug-likeness (QED) is 0.132. The first-order chi connectivity index (χ1) is 20.1. The summed E-state index contributed by atoms with van der Waals surface area (Å²) in [4.78, 5) is 51.4. The molecule has 1 aliphatic rings. The van der Waals surface area contributed by atoms with Crippen molar-refractivity contribution >= 4 is 58.0 Å². The Morgan fingerprint density at radius 2 is 1.69 bits per heavy atom. The average Bonchev–Trinajstić information content (AvgIpc) is 3.37. The van der Waals surface area contributed by atoms with Gasteiger partial charge < -0.3 is 9.88 Å². The van der Waals surface area contributed by atoms with Gasteiger partial charge in [0.2, 0.25) is 5.91 Å². The number of benzene rings is 3. The fourth-order valence-corrected chi connectivity index (χ4v) is 6.10. The van der Waals surface area contributed by atoms with E-state index in [4.69, 9.17) is 0 Å². The van der Waals surface area contributed by atoms with Gasteiger partial charge in [-0.1, -0.05) is 17.8 Å². The van der Waals surface area contributed by atoms with Crippen LogP contribution in [0.5, 0.6) is 0 Å². The van der Waals surface area contributed by atoms with Crippen LogP contribution in [0.2, 0.25) is 0 Å². The van der Waals surface area contributed by atoms with Gasteiger partial charge in [-0.2, -0.15) is 0 Å². The monoisotopic (exact) mass is 602 g/mol. The number of non-ortho nitro benzene ring substituents is 1. The fraction of sp³-hybridized carbons (Fsp3) is 0.100. The lowest BCUT2D eigenvalue weighted by molar-refractivity contribution is -0.384. The van der Waals surface area contributed by atoms with E-state index in [-0.39, 0.29) is 16.3 Å². The largest absolute Gasteiger partial charge is 0.324 e. The predicted molar refractivity (Wildman–Crippen MR) is 160 cm³/mol. The molecule has 1 aromatic heterocycles. The first-order valence-corrected chi connectivity index (χ1v) is 14.2. The smallest absolute Gasteiger partial charge is 0.294 e. The lowest BCUT2D eigenvalue weighted by Crippen LogP contribution is -2.36. The Morgan fingerprint density at radius 1 is 1.02 bits per heavy atom. The van der Waals surface area contributed by atoms with E-state index in [1.165, 1.54) is 42.1 Å². The Balaban J connectivity index is 1.29. The molecule has 0 atom stereocenters. The number of amides is 3. The van der Waals surface area contributed by atoms with E-state index >= 15 is 0 Å². The highest BCUT2D eigenvalue weighted by atomic mass is 32.2. The van der Waals surface area contributed by atoms with Gasteiger partial charge in [0, 0.05) is 44.7 Å². The third-order valence-electron chi connectivity index (χ3n) is 6.42. The number of hydrogen-bond donors (Lipinski definition) is 1. The minimum atomic E-state index is -0.613. The van der Waals surface area contributed by atoms with Gasteiger partial charge in [-0.3, -0.25) is 29.4 Å². The number of carbonyl (C=O) groups excluding carboxylic acids is 3. The highest BCUT2D eigenvalue weighted by molar-refractivity contribution is 8.18. The second-order valence-electron chi connectivity index (χ2n) is 9.34. The minimum Gasteiger partial charge on any atom is -0.324 e. The van der Waals surface area contributed by atoms with E-state index in [0.29, 0.717) is 0 Å². The van der Waals surface area contributed by atoms with E-state index in [9.17, 15) is 28.9 Å². The lowest BCUT2D eigenvalue weighted by atomic mass is 10.2. The summed E-state index contributed by atoms with van der Waals surface area (Å²) < 4.78 is 15.4. The van der Waals surface area contributed by atoms with Gasteiger partial charge in [-0.05, 0) is 97.9 Å². The molecule has 3 aromatic carbocycles. The molecule has 9 nitrogen and oxygen atoms in total. The first kappa shape index (κ1) is 28.8. The number of aryl methyl sites for hydroxylation is 1. The maximum absolute atomic E-state index is 13.4. The lowest BCUT2D eigenvalue weighted by Gasteiger charge is -2.12. The molecular formula is C30H23FN4O5S2. The van der Waals surface area contributed by atoms with Crippen LogP contribution in [0.25, 0.3) is 11.8 Å². The molecule has 42 heavy (non-hydrogen) atoms. The minimum absolute atomic E-state index is 0.0418. The van der Waals surface area contributed by atoms with Crippen LogP contribution in [0.3, 0.4) is 0 Å². The molecular weight excluding hydrogens is 579 g/mol. The summed E-state index contributed by atoms with van der Waals surface area (Å²) in [5.74, 6) is -1.70. The van der Waals surface area contributed by atoms with Gasteiger partial charge in [-0.25, -0.2) is 4.39 Å². The molecule has 1 fully saturated rings. The zero-order valence-corrected chi connectivity index (χ0v) is 24.0. The molecule has 0 radical (unpaired) electrons. The predicted octanol–water partition coefficient (Wildman–Crippen LogP) is 6.97. The van der Waals surface area contributed by atoms with Crippen molar-refractivity contribution in [2.24, 2.45) is 0 Å². The maximum atomic E-state index is 13.4. The molecule has 3 amide bonds. The van der Waals surface area contributed by atoms with E-state index in [2.05, 4.69) is 5.32 Å². The van der Waals surface area contributed by atoms with Gasteiger partial charge in [-0.15, -0.1) is 0 Å². The van der Waals surface area contributed by atoms with E-state index in [1.54, 1.807) is 18.2 Å². The normalized spacial score (nSPS) is 14.1. The van der Waals surface area contributed by atoms with Gasteiger partial charge in [0.25, 0.3) is 16.8 Å². The summed E-state index contributed by atoms with van der Waals surface area (Å²) >= 11 is 2.25. The Morgan fingerprint density at radius 3 is 2.33 bits per heavy atom.